The average molecular weight is 434 g/mol. The summed E-state index contributed by atoms with van der Waals surface area (Å²) in [7, 11) is 0. The number of benzene rings is 4. The zero-order chi connectivity index (χ0) is 22.5. The van der Waals surface area contributed by atoms with Crippen molar-refractivity contribution < 1.29 is 5.11 Å². The molecule has 1 saturated heterocycles. The number of rotatable bonds is 7. The summed E-state index contributed by atoms with van der Waals surface area (Å²) in [5, 5.41) is 11.5. The van der Waals surface area contributed by atoms with E-state index < -0.39 is 11.6 Å². The maximum atomic E-state index is 11.5. The third-order valence-corrected chi connectivity index (χ3v) is 7.04. The van der Waals surface area contributed by atoms with E-state index in [0.29, 0.717) is 6.42 Å². The van der Waals surface area contributed by atoms with E-state index in [1.807, 2.05) is 6.07 Å². The van der Waals surface area contributed by atoms with E-state index in [1.54, 1.807) is 0 Å². The second-order valence-corrected chi connectivity index (χ2v) is 8.97. The van der Waals surface area contributed by atoms with Crippen molar-refractivity contribution in [1.82, 2.24) is 4.90 Å². The number of hydrogen-bond acceptors (Lipinski definition) is 2. The molecule has 1 aliphatic rings. The molecule has 1 aliphatic heterocycles. The maximum absolute atomic E-state index is 11.5. The number of hydrogen-bond donors (Lipinski definition) is 1. The predicted octanol–water partition coefficient (Wildman–Crippen LogP) is 6.05. The van der Waals surface area contributed by atoms with Gasteiger partial charge in [-0.1, -0.05) is 121 Å². The van der Waals surface area contributed by atoms with Crippen LogP contribution >= 0.6 is 0 Å². The van der Waals surface area contributed by atoms with Crippen LogP contribution in [0.4, 0.5) is 0 Å². The van der Waals surface area contributed by atoms with Gasteiger partial charge in [0.05, 0.1) is 11.6 Å². The van der Waals surface area contributed by atoms with Crippen molar-refractivity contribution in [2.45, 2.75) is 36.9 Å². The van der Waals surface area contributed by atoms with Gasteiger partial charge in [-0.15, -0.1) is 0 Å². The van der Waals surface area contributed by atoms with Crippen LogP contribution in [0.15, 0.2) is 121 Å². The van der Waals surface area contributed by atoms with Gasteiger partial charge >= 0.3 is 0 Å². The summed E-state index contributed by atoms with van der Waals surface area (Å²) in [6, 6.07) is 42.8. The van der Waals surface area contributed by atoms with Crippen molar-refractivity contribution >= 4 is 0 Å². The lowest BCUT2D eigenvalue weighted by molar-refractivity contribution is 0.0337. The average Bonchev–Trinajstić information content (AvgIpc) is 3.38. The summed E-state index contributed by atoms with van der Waals surface area (Å²) >= 11 is 0. The molecule has 0 radical (unpaired) electrons. The second kappa shape index (κ2) is 9.74. The Labute approximate surface area is 197 Å². The second-order valence-electron chi connectivity index (χ2n) is 8.97. The third-order valence-electron chi connectivity index (χ3n) is 7.04. The molecular weight excluding hydrogens is 402 g/mol. The normalized spacial score (nSPS) is 17.7. The van der Waals surface area contributed by atoms with Gasteiger partial charge in [0.25, 0.3) is 0 Å². The molecule has 1 fully saturated rings. The molecule has 5 rings (SSSR count). The molecule has 0 aromatic heterocycles. The molecule has 0 spiro atoms. The molecule has 2 atom stereocenters. The van der Waals surface area contributed by atoms with E-state index in [2.05, 4.69) is 120 Å². The molecule has 0 saturated carbocycles. The minimum atomic E-state index is -0.470. The first kappa shape index (κ1) is 21.6. The number of aliphatic hydroxyl groups excluding tert-OH is 1. The first-order valence-electron chi connectivity index (χ1n) is 12.0. The fourth-order valence-electron chi connectivity index (χ4n) is 5.64. The SMILES string of the molecule is O[C@H](Cc1ccccc1)[C@@H]1CCCN1C(c1ccccc1)(c1ccccc1)c1ccccc1. The highest BCUT2D eigenvalue weighted by atomic mass is 16.3. The lowest BCUT2D eigenvalue weighted by Crippen LogP contribution is -2.54. The van der Waals surface area contributed by atoms with Crippen LogP contribution in [0.1, 0.15) is 35.1 Å². The van der Waals surface area contributed by atoms with Crippen LogP contribution in [-0.4, -0.2) is 28.7 Å². The van der Waals surface area contributed by atoms with Crippen LogP contribution in [0.2, 0.25) is 0 Å². The molecule has 4 aromatic rings. The molecule has 4 aromatic carbocycles. The van der Waals surface area contributed by atoms with Crippen LogP contribution in [0.25, 0.3) is 0 Å². The van der Waals surface area contributed by atoms with Crippen molar-refractivity contribution in [3.63, 3.8) is 0 Å². The summed E-state index contributed by atoms with van der Waals surface area (Å²) in [5.41, 5.74) is 4.42. The van der Waals surface area contributed by atoms with Crippen LogP contribution in [-0.2, 0) is 12.0 Å². The molecule has 0 bridgehead atoms. The summed E-state index contributed by atoms with van der Waals surface area (Å²) in [6.07, 6.45) is 2.29. The van der Waals surface area contributed by atoms with Crippen molar-refractivity contribution in [2.75, 3.05) is 6.54 Å². The highest BCUT2D eigenvalue weighted by Crippen LogP contribution is 2.46. The number of aliphatic hydroxyl groups is 1. The molecule has 1 heterocycles. The summed E-state index contributed by atoms with van der Waals surface area (Å²) in [5.74, 6) is 0. The largest absolute Gasteiger partial charge is 0.391 e. The standard InChI is InChI=1S/C31H31NO/c33-30(24-25-14-5-1-6-15-25)29-22-13-23-32(29)31(26-16-7-2-8-17-26,27-18-9-3-10-19-27)28-20-11-4-12-21-28/h1-12,14-21,29-30,33H,13,22-24H2/t29-,30+/m0/s1. The highest BCUT2D eigenvalue weighted by molar-refractivity contribution is 5.50. The van der Waals surface area contributed by atoms with Crippen LogP contribution < -0.4 is 0 Å². The fourth-order valence-corrected chi connectivity index (χ4v) is 5.64. The smallest absolute Gasteiger partial charge is 0.0976 e. The highest BCUT2D eigenvalue weighted by Gasteiger charge is 2.48. The van der Waals surface area contributed by atoms with E-state index in [0.717, 1.165) is 19.4 Å². The van der Waals surface area contributed by atoms with Gasteiger partial charge in [0.15, 0.2) is 0 Å². The lowest BCUT2D eigenvalue weighted by atomic mass is 9.74. The maximum Gasteiger partial charge on any atom is 0.0976 e. The minimum Gasteiger partial charge on any atom is -0.391 e. The molecule has 0 amide bonds. The van der Waals surface area contributed by atoms with Crippen molar-refractivity contribution in [3.05, 3.63) is 144 Å². The Balaban J connectivity index is 1.67. The quantitative estimate of drug-likeness (QED) is 0.359. The first-order valence-corrected chi connectivity index (χ1v) is 12.0. The Kier molecular flexibility index (Phi) is 6.39. The fraction of sp³-hybridized carbons (Fsp3) is 0.226. The van der Waals surface area contributed by atoms with Gasteiger partial charge in [-0.25, -0.2) is 0 Å². The Bertz CT molecular complexity index is 1030. The summed E-state index contributed by atoms with van der Waals surface area (Å²) < 4.78 is 0. The van der Waals surface area contributed by atoms with Gasteiger partial charge in [-0.2, -0.15) is 0 Å². The van der Waals surface area contributed by atoms with Crippen molar-refractivity contribution in [2.24, 2.45) is 0 Å². The van der Waals surface area contributed by atoms with Crippen LogP contribution in [0.3, 0.4) is 0 Å². The van der Waals surface area contributed by atoms with Crippen LogP contribution in [0.5, 0.6) is 0 Å². The molecular formula is C31H31NO. The molecule has 2 nitrogen and oxygen atoms in total. The van der Waals surface area contributed by atoms with Gasteiger partial charge in [-0.3, -0.25) is 4.90 Å². The van der Waals surface area contributed by atoms with Gasteiger partial charge in [0.2, 0.25) is 0 Å². The zero-order valence-corrected chi connectivity index (χ0v) is 18.9. The van der Waals surface area contributed by atoms with E-state index in [1.165, 1.54) is 22.3 Å². The molecule has 0 unspecified atom stereocenters. The van der Waals surface area contributed by atoms with Crippen molar-refractivity contribution in [3.8, 4) is 0 Å². The Morgan fingerprint density at radius 1 is 0.667 bits per heavy atom. The molecule has 1 N–H and O–H groups in total. The van der Waals surface area contributed by atoms with Crippen LogP contribution in [0, 0.1) is 0 Å². The van der Waals surface area contributed by atoms with E-state index in [9.17, 15) is 5.11 Å². The lowest BCUT2D eigenvalue weighted by Gasteiger charge is -2.47. The van der Waals surface area contributed by atoms with E-state index in [4.69, 9.17) is 0 Å². The molecule has 166 valence electrons. The van der Waals surface area contributed by atoms with Crippen molar-refractivity contribution in [1.29, 1.82) is 0 Å². The zero-order valence-electron chi connectivity index (χ0n) is 18.9. The Morgan fingerprint density at radius 3 is 1.55 bits per heavy atom. The molecule has 0 aliphatic carbocycles. The third kappa shape index (κ3) is 4.13. The monoisotopic (exact) mass is 433 g/mol. The van der Waals surface area contributed by atoms with Gasteiger partial charge in [0.1, 0.15) is 0 Å². The first-order chi connectivity index (χ1) is 16.3. The Hall–Kier alpha value is -3.20. The predicted molar refractivity (Wildman–Crippen MR) is 135 cm³/mol. The Morgan fingerprint density at radius 2 is 1.09 bits per heavy atom. The minimum absolute atomic E-state index is 0.0609. The van der Waals surface area contributed by atoms with Gasteiger partial charge < -0.3 is 5.11 Å². The van der Waals surface area contributed by atoms with Gasteiger partial charge in [-0.05, 0) is 41.5 Å². The molecule has 2 heteroatoms. The number of nitrogens with zero attached hydrogens (tertiary/aromatic N) is 1. The molecule has 33 heavy (non-hydrogen) atoms. The summed E-state index contributed by atoms with van der Waals surface area (Å²) in [6.45, 7) is 0.940. The van der Waals surface area contributed by atoms with E-state index in [-0.39, 0.29) is 6.04 Å². The topological polar surface area (TPSA) is 23.5 Å². The number of likely N-dealkylation sites (tertiary alicyclic amines) is 1. The summed E-state index contributed by atoms with van der Waals surface area (Å²) in [4.78, 5) is 2.57. The van der Waals surface area contributed by atoms with E-state index >= 15 is 0 Å². The van der Waals surface area contributed by atoms with Gasteiger partial charge in [0, 0.05) is 12.6 Å².